The first-order valence-corrected chi connectivity index (χ1v) is 6.58. The van der Waals surface area contributed by atoms with Gasteiger partial charge in [-0.3, -0.25) is 4.79 Å². The number of fused-ring (bicyclic) bond motifs is 1. The van der Waals surface area contributed by atoms with E-state index >= 15 is 0 Å². The molecule has 0 spiro atoms. The van der Waals surface area contributed by atoms with Crippen LogP contribution in [0.3, 0.4) is 0 Å². The fourth-order valence-corrected chi connectivity index (χ4v) is 2.63. The van der Waals surface area contributed by atoms with Crippen LogP contribution in [-0.2, 0) is 6.54 Å². The number of nitrogens with one attached hydrogen (secondary N) is 1. The van der Waals surface area contributed by atoms with E-state index in [4.69, 9.17) is 0 Å². The number of piperidine rings is 1. The zero-order chi connectivity index (χ0) is 12.4. The Balaban J connectivity index is 1.74. The van der Waals surface area contributed by atoms with Gasteiger partial charge in [0.05, 0.1) is 6.20 Å². The first-order chi connectivity index (χ1) is 8.84. The quantitative estimate of drug-likeness (QED) is 0.875. The molecular formula is C13H18N4O. The maximum atomic E-state index is 12.2. The number of hydrogen-bond donors (Lipinski definition) is 1. The van der Waals surface area contributed by atoms with Crippen molar-refractivity contribution in [3.63, 3.8) is 0 Å². The molecule has 2 aromatic heterocycles. The molecule has 3 rings (SSSR count). The van der Waals surface area contributed by atoms with Gasteiger partial charge in [0.2, 0.25) is 0 Å². The first kappa shape index (κ1) is 11.5. The van der Waals surface area contributed by atoms with E-state index in [-0.39, 0.29) is 5.56 Å². The molecule has 1 aliphatic heterocycles. The molecule has 0 aliphatic carbocycles. The second-order valence-electron chi connectivity index (χ2n) is 4.94. The molecule has 0 bridgehead atoms. The van der Waals surface area contributed by atoms with Crippen molar-refractivity contribution in [2.45, 2.75) is 25.8 Å². The molecule has 1 N–H and O–H groups in total. The molecule has 2 aromatic rings. The van der Waals surface area contributed by atoms with Crippen LogP contribution in [0, 0.1) is 5.92 Å². The molecule has 0 amide bonds. The van der Waals surface area contributed by atoms with E-state index in [9.17, 15) is 4.79 Å². The zero-order valence-corrected chi connectivity index (χ0v) is 10.4. The van der Waals surface area contributed by atoms with Crippen LogP contribution in [0.2, 0.25) is 0 Å². The summed E-state index contributed by atoms with van der Waals surface area (Å²) in [5.41, 5.74) is 0.715. The van der Waals surface area contributed by atoms with Gasteiger partial charge in [0.1, 0.15) is 5.52 Å². The van der Waals surface area contributed by atoms with Crippen molar-refractivity contribution >= 4 is 5.52 Å². The van der Waals surface area contributed by atoms with Crippen molar-refractivity contribution in [3.05, 3.63) is 35.0 Å². The molecule has 1 fully saturated rings. The maximum absolute atomic E-state index is 12.2. The van der Waals surface area contributed by atoms with E-state index in [0.717, 1.165) is 32.0 Å². The molecule has 0 aromatic carbocycles. The van der Waals surface area contributed by atoms with Crippen LogP contribution in [0.5, 0.6) is 0 Å². The summed E-state index contributed by atoms with van der Waals surface area (Å²) in [6, 6.07) is 1.77. The van der Waals surface area contributed by atoms with Crippen molar-refractivity contribution in [1.82, 2.24) is 19.5 Å². The predicted octanol–water partition coefficient (Wildman–Crippen LogP) is 0.886. The third kappa shape index (κ3) is 2.18. The van der Waals surface area contributed by atoms with E-state index in [1.54, 1.807) is 21.3 Å². The van der Waals surface area contributed by atoms with Crippen LogP contribution in [0.15, 0.2) is 29.5 Å². The minimum atomic E-state index is 0.0592. The molecule has 3 heterocycles. The monoisotopic (exact) mass is 246 g/mol. The summed E-state index contributed by atoms with van der Waals surface area (Å²) in [6.07, 6.45) is 8.88. The van der Waals surface area contributed by atoms with Crippen LogP contribution >= 0.6 is 0 Å². The molecule has 5 heteroatoms. The van der Waals surface area contributed by atoms with Crippen LogP contribution in [0.25, 0.3) is 5.52 Å². The third-order valence-electron chi connectivity index (χ3n) is 3.78. The Morgan fingerprint density at radius 1 is 1.33 bits per heavy atom. The topological polar surface area (TPSA) is 51.3 Å². The van der Waals surface area contributed by atoms with Crippen molar-refractivity contribution in [1.29, 1.82) is 0 Å². The van der Waals surface area contributed by atoms with Gasteiger partial charge in [-0.1, -0.05) is 0 Å². The van der Waals surface area contributed by atoms with Crippen molar-refractivity contribution < 1.29 is 0 Å². The smallest absolute Gasteiger partial charge is 0.276 e. The van der Waals surface area contributed by atoms with Crippen LogP contribution < -0.4 is 10.9 Å². The van der Waals surface area contributed by atoms with Crippen molar-refractivity contribution in [2.75, 3.05) is 13.1 Å². The predicted molar refractivity (Wildman–Crippen MR) is 69.7 cm³/mol. The lowest BCUT2D eigenvalue weighted by Crippen LogP contribution is -2.29. The van der Waals surface area contributed by atoms with E-state index in [0.29, 0.717) is 5.52 Å². The average molecular weight is 246 g/mol. The lowest BCUT2D eigenvalue weighted by molar-refractivity contribution is 0.336. The zero-order valence-electron chi connectivity index (χ0n) is 10.4. The summed E-state index contributed by atoms with van der Waals surface area (Å²) in [7, 11) is 0. The van der Waals surface area contributed by atoms with Crippen LogP contribution in [0.1, 0.15) is 19.3 Å². The molecule has 0 atom stereocenters. The lowest BCUT2D eigenvalue weighted by atomic mass is 9.95. The Labute approximate surface area is 105 Å². The molecule has 0 saturated carbocycles. The standard InChI is InChI=1S/C13H18N4O/c18-13-12-3-7-15-17(12)10-9-16(13)8-4-11-1-5-14-6-2-11/h3,7,9-11,14H,1-2,4-6,8H2. The summed E-state index contributed by atoms with van der Waals surface area (Å²) in [5.74, 6) is 0.749. The second kappa shape index (κ2) is 4.94. The van der Waals surface area contributed by atoms with E-state index in [2.05, 4.69) is 10.4 Å². The minimum Gasteiger partial charge on any atom is -0.317 e. The number of aryl methyl sites for hydroxylation is 1. The number of aromatic nitrogens is 3. The average Bonchev–Trinajstić information content (AvgIpc) is 2.88. The highest BCUT2D eigenvalue weighted by Gasteiger charge is 2.13. The Morgan fingerprint density at radius 2 is 2.17 bits per heavy atom. The molecule has 1 aliphatic rings. The Kier molecular flexibility index (Phi) is 3.15. The molecule has 18 heavy (non-hydrogen) atoms. The molecule has 1 saturated heterocycles. The molecule has 0 radical (unpaired) electrons. The third-order valence-corrected chi connectivity index (χ3v) is 3.78. The SMILES string of the molecule is O=c1c2ccnn2ccn1CCC1CCNCC1. The lowest BCUT2D eigenvalue weighted by Gasteiger charge is -2.22. The summed E-state index contributed by atoms with van der Waals surface area (Å²) in [4.78, 5) is 12.2. The van der Waals surface area contributed by atoms with Crippen LogP contribution in [-0.4, -0.2) is 27.3 Å². The van der Waals surface area contributed by atoms with Gasteiger partial charge < -0.3 is 9.88 Å². The Hall–Kier alpha value is -1.62. The normalized spacial score (nSPS) is 17.3. The summed E-state index contributed by atoms with van der Waals surface area (Å²) < 4.78 is 3.43. The maximum Gasteiger partial charge on any atom is 0.276 e. The number of rotatable bonds is 3. The number of hydrogen-bond acceptors (Lipinski definition) is 3. The van der Waals surface area contributed by atoms with E-state index in [1.807, 2.05) is 12.4 Å². The van der Waals surface area contributed by atoms with Gasteiger partial charge in [-0.15, -0.1) is 0 Å². The largest absolute Gasteiger partial charge is 0.317 e. The Morgan fingerprint density at radius 3 is 3.00 bits per heavy atom. The van der Waals surface area contributed by atoms with Gasteiger partial charge in [0.25, 0.3) is 5.56 Å². The van der Waals surface area contributed by atoms with E-state index in [1.165, 1.54) is 12.8 Å². The highest BCUT2D eigenvalue weighted by Crippen LogP contribution is 2.16. The fraction of sp³-hybridized carbons (Fsp3) is 0.538. The van der Waals surface area contributed by atoms with Gasteiger partial charge >= 0.3 is 0 Å². The van der Waals surface area contributed by atoms with Gasteiger partial charge in [-0.2, -0.15) is 5.10 Å². The second-order valence-corrected chi connectivity index (χ2v) is 4.94. The molecule has 0 unspecified atom stereocenters. The molecule has 96 valence electrons. The fourth-order valence-electron chi connectivity index (χ4n) is 2.63. The Bertz CT molecular complexity index is 580. The molecule has 5 nitrogen and oxygen atoms in total. The highest BCUT2D eigenvalue weighted by molar-refractivity contribution is 5.42. The minimum absolute atomic E-state index is 0.0592. The van der Waals surface area contributed by atoms with Gasteiger partial charge in [0.15, 0.2) is 0 Å². The summed E-state index contributed by atoms with van der Waals surface area (Å²) >= 11 is 0. The van der Waals surface area contributed by atoms with Crippen molar-refractivity contribution in [3.8, 4) is 0 Å². The summed E-state index contributed by atoms with van der Waals surface area (Å²) in [6.45, 7) is 3.04. The van der Waals surface area contributed by atoms with Gasteiger partial charge in [0, 0.05) is 18.9 Å². The van der Waals surface area contributed by atoms with Crippen LogP contribution in [0.4, 0.5) is 0 Å². The van der Waals surface area contributed by atoms with Gasteiger partial charge in [-0.05, 0) is 44.3 Å². The summed E-state index contributed by atoms with van der Waals surface area (Å²) in [5, 5.41) is 7.43. The molecular weight excluding hydrogens is 228 g/mol. The van der Waals surface area contributed by atoms with Crippen molar-refractivity contribution in [2.24, 2.45) is 5.92 Å². The van der Waals surface area contributed by atoms with Gasteiger partial charge in [-0.25, -0.2) is 4.52 Å². The van der Waals surface area contributed by atoms with E-state index < -0.39 is 0 Å². The highest BCUT2D eigenvalue weighted by atomic mass is 16.1. The first-order valence-electron chi connectivity index (χ1n) is 6.58. The number of nitrogens with zero attached hydrogens (tertiary/aromatic N) is 3.